The molecule has 0 amide bonds. The number of carbonyl (C=O) groups is 1. The lowest BCUT2D eigenvalue weighted by atomic mass is 9.89. The maximum atomic E-state index is 13.7. The first kappa shape index (κ1) is 24.9. The van der Waals surface area contributed by atoms with Gasteiger partial charge in [-0.1, -0.05) is 30.3 Å². The zero-order valence-electron chi connectivity index (χ0n) is 13.7. The van der Waals surface area contributed by atoms with E-state index >= 15 is 0 Å². The van der Waals surface area contributed by atoms with Gasteiger partial charge < -0.3 is 9.84 Å². The highest BCUT2D eigenvalue weighted by Crippen LogP contribution is 2.52. The zero-order chi connectivity index (χ0) is 22.8. The van der Waals surface area contributed by atoms with E-state index in [0.29, 0.717) is 0 Å². The minimum Gasteiger partial charge on any atom is -0.459 e. The molecule has 166 valence electrons. The first-order valence-corrected chi connectivity index (χ1v) is 7.36. The molecule has 1 aromatic rings. The van der Waals surface area contributed by atoms with E-state index in [9.17, 15) is 58.2 Å². The van der Waals surface area contributed by atoms with Crippen LogP contribution in [0, 0.1) is 5.92 Å². The summed E-state index contributed by atoms with van der Waals surface area (Å²) in [5.74, 6) is -21.2. The molecule has 0 fully saturated rings. The normalized spacial score (nSPS) is 16.8. The van der Waals surface area contributed by atoms with Gasteiger partial charge >= 0.3 is 30.2 Å². The molecule has 3 nitrogen and oxygen atoms in total. The van der Waals surface area contributed by atoms with E-state index in [1.165, 1.54) is 30.3 Å². The monoisotopic (exact) mass is 448 g/mol. The fourth-order valence-corrected chi connectivity index (χ4v) is 2.05. The van der Waals surface area contributed by atoms with Crippen LogP contribution in [0.5, 0.6) is 0 Å². The van der Waals surface area contributed by atoms with E-state index in [2.05, 4.69) is 4.74 Å². The topological polar surface area (TPSA) is 46.5 Å². The number of ether oxygens (including phenoxy) is 1. The number of hydrogen-bond donors (Lipinski definition) is 1. The Morgan fingerprint density at radius 1 is 0.931 bits per heavy atom. The Kier molecular flexibility index (Phi) is 7.15. The minimum absolute atomic E-state index is 0.127. The summed E-state index contributed by atoms with van der Waals surface area (Å²) in [4.78, 5) is 11.5. The number of aliphatic hydroxyl groups is 1. The summed E-state index contributed by atoms with van der Waals surface area (Å²) in [5.41, 5.74) is 0.127. The number of benzene rings is 1. The van der Waals surface area contributed by atoms with Gasteiger partial charge in [0.25, 0.3) is 0 Å². The van der Waals surface area contributed by atoms with Crippen LogP contribution in [0.15, 0.2) is 30.3 Å². The molecule has 0 aliphatic carbocycles. The molecule has 3 unspecified atom stereocenters. The molecule has 14 heteroatoms. The Labute approximate surface area is 155 Å². The second-order valence-corrected chi connectivity index (χ2v) is 5.70. The molecule has 0 bridgehead atoms. The molecule has 0 saturated carbocycles. The van der Waals surface area contributed by atoms with Crippen LogP contribution in [0.4, 0.5) is 48.3 Å². The number of aliphatic hydroxyl groups excluding tert-OH is 1. The van der Waals surface area contributed by atoms with E-state index in [0.717, 1.165) is 0 Å². The molecule has 0 spiro atoms. The lowest BCUT2D eigenvalue weighted by molar-refractivity contribution is -0.377. The van der Waals surface area contributed by atoms with Gasteiger partial charge in [-0.2, -0.15) is 43.9 Å². The Bertz CT molecular complexity index is 685. The third-order valence-corrected chi connectivity index (χ3v) is 3.62. The highest BCUT2D eigenvalue weighted by molar-refractivity contribution is 5.75. The van der Waals surface area contributed by atoms with Crippen LogP contribution < -0.4 is 0 Å². The molecule has 3 atom stereocenters. The van der Waals surface area contributed by atoms with Crippen LogP contribution >= 0.6 is 0 Å². The van der Waals surface area contributed by atoms with Crippen molar-refractivity contribution >= 4 is 5.97 Å². The fourth-order valence-electron chi connectivity index (χ4n) is 2.05. The molecular formula is C15H11F11O3. The second kappa shape index (κ2) is 8.32. The van der Waals surface area contributed by atoms with Gasteiger partial charge in [0.05, 0.1) is 0 Å². The third-order valence-electron chi connectivity index (χ3n) is 3.62. The molecule has 0 heterocycles. The van der Waals surface area contributed by atoms with Gasteiger partial charge in [0.15, 0.2) is 12.3 Å². The molecule has 1 rings (SSSR count). The highest BCUT2D eigenvalue weighted by Gasteiger charge is 2.78. The molecule has 0 aliphatic heterocycles. The first-order valence-electron chi connectivity index (χ1n) is 7.36. The van der Waals surface area contributed by atoms with Gasteiger partial charge in [-0.25, -0.2) is 9.18 Å². The van der Waals surface area contributed by atoms with Crippen molar-refractivity contribution in [3.05, 3.63) is 35.9 Å². The van der Waals surface area contributed by atoms with Crippen LogP contribution in [0.3, 0.4) is 0 Å². The quantitative estimate of drug-likeness (QED) is 0.496. The van der Waals surface area contributed by atoms with Crippen molar-refractivity contribution in [3.63, 3.8) is 0 Å². The highest BCUT2D eigenvalue weighted by atomic mass is 19.4. The molecular weight excluding hydrogens is 437 g/mol. The number of carbonyl (C=O) groups excluding carboxylic acids is 1. The fraction of sp³-hybridized carbons (Fsp3) is 0.533. The summed E-state index contributed by atoms with van der Waals surface area (Å²) in [6, 6.07) is 6.80. The van der Waals surface area contributed by atoms with Gasteiger partial charge in [-0.3, -0.25) is 0 Å². The van der Waals surface area contributed by atoms with E-state index in [1.807, 2.05) is 0 Å². The zero-order valence-corrected chi connectivity index (χ0v) is 13.7. The summed E-state index contributed by atoms with van der Waals surface area (Å²) in [7, 11) is 0. The minimum atomic E-state index is -7.23. The standard InChI is InChI=1S/C15H11F11O3/c16-10(12(17,18)14(22,23)15(24,25)26)8(13(19,20)21)9(27)11(28)29-6-7-4-2-1-3-5-7/h1-5,8-10,27H,6H2. The molecule has 0 radical (unpaired) electrons. The van der Waals surface area contributed by atoms with Crippen molar-refractivity contribution in [1.29, 1.82) is 0 Å². The molecule has 0 saturated heterocycles. The number of rotatable bonds is 7. The maximum Gasteiger partial charge on any atom is 0.459 e. The number of alkyl halides is 11. The third kappa shape index (κ3) is 5.28. The van der Waals surface area contributed by atoms with Crippen molar-refractivity contribution in [2.45, 2.75) is 43.1 Å². The second-order valence-electron chi connectivity index (χ2n) is 5.70. The summed E-state index contributed by atoms with van der Waals surface area (Å²) >= 11 is 0. The molecule has 1 aromatic carbocycles. The van der Waals surface area contributed by atoms with Crippen molar-refractivity contribution in [2.75, 3.05) is 0 Å². The van der Waals surface area contributed by atoms with Crippen molar-refractivity contribution in [3.8, 4) is 0 Å². The van der Waals surface area contributed by atoms with Crippen molar-refractivity contribution < 1.29 is 62.9 Å². The molecule has 0 aliphatic rings. The Balaban J connectivity index is 3.14. The SMILES string of the molecule is O=C(OCc1ccccc1)C(O)C(C(F)C(F)(F)C(F)(F)C(F)(F)F)C(F)(F)F. The average Bonchev–Trinajstić information content (AvgIpc) is 2.58. The Hall–Kier alpha value is -2.12. The largest absolute Gasteiger partial charge is 0.459 e. The van der Waals surface area contributed by atoms with Gasteiger partial charge in [0, 0.05) is 0 Å². The molecule has 1 N–H and O–H groups in total. The average molecular weight is 448 g/mol. The number of hydrogen-bond acceptors (Lipinski definition) is 3. The summed E-state index contributed by atoms with van der Waals surface area (Å²) in [5, 5.41) is 9.30. The first-order chi connectivity index (χ1) is 12.9. The lowest BCUT2D eigenvalue weighted by Crippen LogP contribution is -2.62. The molecule has 29 heavy (non-hydrogen) atoms. The lowest BCUT2D eigenvalue weighted by Gasteiger charge is -2.35. The number of halogens is 11. The summed E-state index contributed by atoms with van der Waals surface area (Å²) < 4.78 is 145. The molecule has 0 aromatic heterocycles. The van der Waals surface area contributed by atoms with Crippen LogP contribution in [0.25, 0.3) is 0 Å². The van der Waals surface area contributed by atoms with Crippen LogP contribution in [0.2, 0.25) is 0 Å². The van der Waals surface area contributed by atoms with Gasteiger partial charge in [-0.15, -0.1) is 0 Å². The van der Waals surface area contributed by atoms with Crippen molar-refractivity contribution in [2.24, 2.45) is 5.92 Å². The van der Waals surface area contributed by atoms with Crippen LogP contribution in [-0.2, 0) is 16.1 Å². The van der Waals surface area contributed by atoms with Crippen LogP contribution in [0.1, 0.15) is 5.56 Å². The van der Waals surface area contributed by atoms with Gasteiger partial charge in [-0.05, 0) is 5.56 Å². The Morgan fingerprint density at radius 3 is 1.83 bits per heavy atom. The number of esters is 1. The van der Waals surface area contributed by atoms with Crippen LogP contribution in [-0.4, -0.2) is 47.5 Å². The summed E-state index contributed by atoms with van der Waals surface area (Å²) in [6.45, 7) is -0.826. The Morgan fingerprint density at radius 2 is 1.41 bits per heavy atom. The predicted octanol–water partition coefficient (Wildman–Crippen LogP) is 4.44. The predicted molar refractivity (Wildman–Crippen MR) is 72.6 cm³/mol. The van der Waals surface area contributed by atoms with Gasteiger partial charge in [0.2, 0.25) is 0 Å². The van der Waals surface area contributed by atoms with Gasteiger partial charge in [0.1, 0.15) is 12.5 Å². The smallest absolute Gasteiger partial charge is 0.459 e. The maximum absolute atomic E-state index is 13.7. The van der Waals surface area contributed by atoms with Crippen molar-refractivity contribution in [1.82, 2.24) is 0 Å². The summed E-state index contributed by atoms with van der Waals surface area (Å²) in [6.07, 6.45) is -22.6. The van der Waals surface area contributed by atoms with E-state index in [1.54, 1.807) is 0 Å². The van der Waals surface area contributed by atoms with E-state index in [4.69, 9.17) is 0 Å². The van der Waals surface area contributed by atoms with E-state index < -0.39 is 55.0 Å². The van der Waals surface area contributed by atoms with E-state index in [-0.39, 0.29) is 5.56 Å².